The van der Waals surface area contributed by atoms with Crippen molar-refractivity contribution in [3.8, 4) is 0 Å². The number of nitrogens with one attached hydrogen (secondary N) is 2. The molecule has 1 fully saturated rings. The molecule has 1 aliphatic rings. The fraction of sp³-hybridized carbons (Fsp3) is 0.700. The molecule has 0 aliphatic heterocycles. The molecule has 2 atom stereocenters. The van der Waals surface area contributed by atoms with E-state index in [1.54, 1.807) is 0 Å². The molecular formula is C10H18N4O2S. The second-order valence-corrected chi connectivity index (χ2v) is 6.22. The molecule has 0 spiro atoms. The van der Waals surface area contributed by atoms with E-state index < -0.39 is 10.0 Å². The predicted octanol–water partition coefficient (Wildman–Crippen LogP) is 0.335. The molecule has 1 heterocycles. The fourth-order valence-corrected chi connectivity index (χ4v) is 3.78. The molecule has 0 amide bonds. The van der Waals surface area contributed by atoms with Crippen molar-refractivity contribution in [2.75, 3.05) is 0 Å². The summed E-state index contributed by atoms with van der Waals surface area (Å²) < 4.78 is 27.0. The summed E-state index contributed by atoms with van der Waals surface area (Å²) >= 11 is 0. The first-order chi connectivity index (χ1) is 8.04. The van der Waals surface area contributed by atoms with Gasteiger partial charge in [0.25, 0.3) is 10.0 Å². The van der Waals surface area contributed by atoms with Crippen LogP contribution in [0.15, 0.2) is 11.2 Å². The maximum absolute atomic E-state index is 12.1. The molecule has 1 saturated carbocycles. The van der Waals surface area contributed by atoms with Crippen molar-refractivity contribution in [3.05, 3.63) is 11.8 Å². The molecule has 2 unspecified atom stereocenters. The average Bonchev–Trinajstić information content (AvgIpc) is 2.88. The van der Waals surface area contributed by atoms with E-state index in [-0.39, 0.29) is 17.6 Å². The lowest BCUT2D eigenvalue weighted by molar-refractivity contribution is 0.475. The van der Waals surface area contributed by atoms with Gasteiger partial charge in [-0.25, -0.2) is 13.1 Å². The summed E-state index contributed by atoms with van der Waals surface area (Å²) in [7, 11) is -3.52. The van der Waals surface area contributed by atoms with Gasteiger partial charge in [-0.3, -0.25) is 5.10 Å². The van der Waals surface area contributed by atoms with Gasteiger partial charge in [0.1, 0.15) is 0 Å². The van der Waals surface area contributed by atoms with Gasteiger partial charge in [-0.05, 0) is 18.8 Å². The monoisotopic (exact) mass is 258 g/mol. The van der Waals surface area contributed by atoms with Crippen LogP contribution in [-0.2, 0) is 16.6 Å². The second kappa shape index (κ2) is 4.75. The van der Waals surface area contributed by atoms with Gasteiger partial charge in [0.2, 0.25) is 0 Å². The van der Waals surface area contributed by atoms with E-state index >= 15 is 0 Å². The summed E-state index contributed by atoms with van der Waals surface area (Å²) in [5.74, 6) is 0.383. The zero-order chi connectivity index (χ0) is 12.5. The molecule has 7 heteroatoms. The highest BCUT2D eigenvalue weighted by Crippen LogP contribution is 2.26. The van der Waals surface area contributed by atoms with Crippen LogP contribution >= 0.6 is 0 Å². The maximum Gasteiger partial charge on any atom is 0.258 e. The number of aromatic nitrogens is 2. The van der Waals surface area contributed by atoms with Crippen molar-refractivity contribution in [3.63, 3.8) is 0 Å². The van der Waals surface area contributed by atoms with Gasteiger partial charge in [0, 0.05) is 18.2 Å². The molecule has 1 aromatic rings. The zero-order valence-corrected chi connectivity index (χ0v) is 10.6. The third-order valence-corrected chi connectivity index (χ3v) is 4.84. The van der Waals surface area contributed by atoms with Crippen molar-refractivity contribution < 1.29 is 8.42 Å². The standard InChI is InChI=1S/C10H18N4O2S/c1-7-3-2-4-9(7)14-17(15,16)10-8(5-11)6-12-13-10/h6-7,9,14H,2-5,11H2,1H3,(H,12,13). The Morgan fingerprint density at radius 1 is 1.59 bits per heavy atom. The van der Waals surface area contributed by atoms with Crippen LogP contribution in [0.25, 0.3) is 0 Å². The molecule has 4 N–H and O–H groups in total. The number of hydrogen-bond acceptors (Lipinski definition) is 4. The van der Waals surface area contributed by atoms with Crippen LogP contribution in [0.5, 0.6) is 0 Å². The number of rotatable bonds is 4. The number of sulfonamides is 1. The van der Waals surface area contributed by atoms with Crippen molar-refractivity contribution in [2.24, 2.45) is 11.7 Å². The van der Waals surface area contributed by atoms with Crippen molar-refractivity contribution in [1.29, 1.82) is 0 Å². The highest BCUT2D eigenvalue weighted by atomic mass is 32.2. The molecule has 1 aliphatic carbocycles. The lowest BCUT2D eigenvalue weighted by Gasteiger charge is -2.16. The minimum Gasteiger partial charge on any atom is -0.326 e. The van der Waals surface area contributed by atoms with Gasteiger partial charge < -0.3 is 5.73 Å². The number of nitrogens with zero attached hydrogens (tertiary/aromatic N) is 1. The van der Waals surface area contributed by atoms with E-state index in [2.05, 4.69) is 21.8 Å². The second-order valence-electron chi connectivity index (χ2n) is 4.56. The van der Waals surface area contributed by atoms with Crippen LogP contribution in [0.1, 0.15) is 31.7 Å². The Kier molecular flexibility index (Phi) is 3.50. The average molecular weight is 258 g/mol. The minimum atomic E-state index is -3.52. The summed E-state index contributed by atoms with van der Waals surface area (Å²) in [5.41, 5.74) is 5.99. The molecule has 0 saturated heterocycles. The molecule has 0 radical (unpaired) electrons. The molecule has 6 nitrogen and oxygen atoms in total. The number of aromatic amines is 1. The van der Waals surface area contributed by atoms with E-state index in [0.717, 1.165) is 19.3 Å². The van der Waals surface area contributed by atoms with Crippen LogP contribution in [0.2, 0.25) is 0 Å². The van der Waals surface area contributed by atoms with Gasteiger partial charge >= 0.3 is 0 Å². The summed E-state index contributed by atoms with van der Waals surface area (Å²) in [6.45, 7) is 2.23. The van der Waals surface area contributed by atoms with Gasteiger partial charge in [-0.2, -0.15) is 5.10 Å². The smallest absolute Gasteiger partial charge is 0.258 e. The van der Waals surface area contributed by atoms with Crippen molar-refractivity contribution in [2.45, 2.75) is 43.8 Å². The topological polar surface area (TPSA) is 101 Å². The Balaban J connectivity index is 2.19. The van der Waals surface area contributed by atoms with E-state index in [9.17, 15) is 8.42 Å². The van der Waals surface area contributed by atoms with E-state index in [0.29, 0.717) is 11.5 Å². The van der Waals surface area contributed by atoms with E-state index in [4.69, 9.17) is 5.73 Å². The summed E-state index contributed by atoms with van der Waals surface area (Å²) in [6, 6.07) is 0.0222. The van der Waals surface area contributed by atoms with Crippen LogP contribution in [-0.4, -0.2) is 24.7 Å². The van der Waals surface area contributed by atoms with Crippen LogP contribution in [0, 0.1) is 5.92 Å². The predicted molar refractivity (Wildman–Crippen MR) is 63.6 cm³/mol. The molecule has 17 heavy (non-hydrogen) atoms. The SMILES string of the molecule is CC1CCCC1NS(=O)(=O)c1[nH]ncc1CN. The molecule has 0 bridgehead atoms. The molecule has 0 aromatic carbocycles. The first-order valence-electron chi connectivity index (χ1n) is 5.79. The first kappa shape index (κ1) is 12.5. The van der Waals surface area contributed by atoms with Crippen molar-refractivity contribution >= 4 is 10.0 Å². The molecule has 2 rings (SSSR count). The normalized spacial score (nSPS) is 25.3. The van der Waals surface area contributed by atoms with Gasteiger partial charge in [-0.15, -0.1) is 0 Å². The third kappa shape index (κ3) is 2.51. The highest BCUT2D eigenvalue weighted by molar-refractivity contribution is 7.89. The summed E-state index contributed by atoms with van der Waals surface area (Å²) in [5, 5.41) is 6.33. The van der Waals surface area contributed by atoms with Crippen LogP contribution in [0.4, 0.5) is 0 Å². The van der Waals surface area contributed by atoms with Gasteiger partial charge in [-0.1, -0.05) is 13.3 Å². The Morgan fingerprint density at radius 2 is 2.35 bits per heavy atom. The Bertz CT molecular complexity index is 482. The first-order valence-corrected chi connectivity index (χ1v) is 7.27. The van der Waals surface area contributed by atoms with Crippen molar-refractivity contribution in [1.82, 2.24) is 14.9 Å². The van der Waals surface area contributed by atoms with Crippen LogP contribution < -0.4 is 10.5 Å². The third-order valence-electron chi connectivity index (χ3n) is 3.33. The van der Waals surface area contributed by atoms with E-state index in [1.807, 2.05) is 0 Å². The molecule has 1 aromatic heterocycles. The number of hydrogen-bond donors (Lipinski definition) is 3. The quantitative estimate of drug-likeness (QED) is 0.724. The highest BCUT2D eigenvalue weighted by Gasteiger charge is 2.30. The zero-order valence-electron chi connectivity index (χ0n) is 9.81. The molecule has 96 valence electrons. The summed E-state index contributed by atoms with van der Waals surface area (Å²) in [4.78, 5) is 0. The maximum atomic E-state index is 12.1. The summed E-state index contributed by atoms with van der Waals surface area (Å²) in [6.07, 6.45) is 4.49. The Morgan fingerprint density at radius 3 is 2.94 bits per heavy atom. The van der Waals surface area contributed by atoms with Gasteiger partial charge in [0.05, 0.1) is 6.20 Å². The molecular weight excluding hydrogens is 240 g/mol. The number of nitrogens with two attached hydrogens (primary N) is 1. The Hall–Kier alpha value is -0.920. The van der Waals surface area contributed by atoms with Crippen LogP contribution in [0.3, 0.4) is 0 Å². The van der Waals surface area contributed by atoms with E-state index in [1.165, 1.54) is 6.20 Å². The minimum absolute atomic E-state index is 0.0222. The van der Waals surface area contributed by atoms with Gasteiger partial charge in [0.15, 0.2) is 5.03 Å². The fourth-order valence-electron chi connectivity index (χ4n) is 2.26. The Labute approximate surface area is 101 Å². The largest absolute Gasteiger partial charge is 0.326 e. The number of H-pyrrole nitrogens is 1. The lowest BCUT2D eigenvalue weighted by atomic mass is 10.1. The lowest BCUT2D eigenvalue weighted by Crippen LogP contribution is -2.37.